The highest BCUT2D eigenvalue weighted by Crippen LogP contribution is 2.33. The van der Waals surface area contributed by atoms with Crippen LogP contribution in [0.1, 0.15) is 50.1 Å². The molecule has 2 aromatic heterocycles. The van der Waals surface area contributed by atoms with E-state index in [4.69, 9.17) is 14.5 Å². The molecule has 35 heavy (non-hydrogen) atoms. The molecule has 1 aliphatic carbocycles. The molecule has 6 rings (SSSR count). The van der Waals surface area contributed by atoms with Crippen LogP contribution in [-0.4, -0.2) is 55.8 Å². The van der Waals surface area contributed by atoms with Crippen molar-refractivity contribution in [1.82, 2.24) is 24.0 Å². The minimum atomic E-state index is -0.0207. The van der Waals surface area contributed by atoms with Gasteiger partial charge in [0, 0.05) is 32.2 Å². The Morgan fingerprint density at radius 2 is 1.89 bits per heavy atom. The summed E-state index contributed by atoms with van der Waals surface area (Å²) in [4.78, 5) is 36.9. The zero-order valence-corrected chi connectivity index (χ0v) is 19.9. The van der Waals surface area contributed by atoms with E-state index in [-0.39, 0.29) is 30.5 Å². The highest BCUT2D eigenvalue weighted by atomic mass is 16.7. The van der Waals surface area contributed by atoms with E-state index in [1.54, 1.807) is 17.8 Å². The minimum Gasteiger partial charge on any atom is -0.454 e. The number of hydrogen-bond donors (Lipinski definition) is 1. The number of ether oxygens (including phenoxy) is 2. The van der Waals surface area contributed by atoms with Crippen molar-refractivity contribution in [2.45, 2.75) is 57.0 Å². The Morgan fingerprint density at radius 3 is 2.69 bits per heavy atom. The van der Waals surface area contributed by atoms with E-state index < -0.39 is 0 Å². The molecular formula is C25H30N6O4. The second-order valence-corrected chi connectivity index (χ2v) is 9.72. The molecule has 0 unspecified atom stereocenters. The van der Waals surface area contributed by atoms with Gasteiger partial charge in [-0.1, -0.05) is 18.9 Å². The molecule has 3 aromatic rings. The molecule has 184 valence electrons. The maximum Gasteiger partial charge on any atom is 0.330 e. The van der Waals surface area contributed by atoms with Crippen molar-refractivity contribution in [3.8, 4) is 11.5 Å². The van der Waals surface area contributed by atoms with E-state index in [9.17, 15) is 9.59 Å². The van der Waals surface area contributed by atoms with Gasteiger partial charge in [-0.15, -0.1) is 0 Å². The van der Waals surface area contributed by atoms with E-state index in [0.717, 1.165) is 55.4 Å². The van der Waals surface area contributed by atoms with Crippen molar-refractivity contribution in [3.63, 3.8) is 0 Å². The molecule has 0 bridgehead atoms. The Bertz CT molecular complexity index is 1320. The number of fused-ring (bicyclic) bond motifs is 2. The molecule has 0 atom stereocenters. The minimum absolute atomic E-state index is 0.0207. The number of likely N-dealkylation sites (tertiary alicyclic amines) is 1. The van der Waals surface area contributed by atoms with Crippen molar-refractivity contribution in [1.29, 1.82) is 0 Å². The summed E-state index contributed by atoms with van der Waals surface area (Å²) in [7, 11) is 1.78. The quantitative estimate of drug-likeness (QED) is 0.601. The molecule has 2 aliphatic heterocycles. The third-order valence-electron chi connectivity index (χ3n) is 7.50. The molecule has 1 saturated carbocycles. The molecule has 1 saturated heterocycles. The third kappa shape index (κ3) is 4.11. The van der Waals surface area contributed by atoms with Crippen molar-refractivity contribution in [2.75, 3.05) is 25.2 Å². The first kappa shape index (κ1) is 21.9. The summed E-state index contributed by atoms with van der Waals surface area (Å²) < 4.78 is 14.3. The largest absolute Gasteiger partial charge is 0.454 e. The van der Waals surface area contributed by atoms with Crippen LogP contribution in [0.25, 0.3) is 11.2 Å². The zero-order valence-electron chi connectivity index (χ0n) is 19.9. The summed E-state index contributed by atoms with van der Waals surface area (Å²) in [6.45, 7) is 1.59. The highest BCUT2D eigenvalue weighted by molar-refractivity contribution is 5.79. The zero-order chi connectivity index (χ0) is 23.9. The predicted octanol–water partition coefficient (Wildman–Crippen LogP) is 2.62. The SMILES string of the molecule is Cn1c(=O)n(C2CCCC2)c2nc(NC3CCN(C(=O)Cc4ccc5c(c4)OCO5)CC3)ncc21. The second kappa shape index (κ2) is 8.90. The fraction of sp³-hybridized carbons (Fsp3) is 0.520. The molecule has 0 spiro atoms. The fourth-order valence-electron chi connectivity index (χ4n) is 5.49. The second-order valence-electron chi connectivity index (χ2n) is 9.72. The van der Waals surface area contributed by atoms with Crippen molar-refractivity contribution in [2.24, 2.45) is 7.05 Å². The van der Waals surface area contributed by atoms with Crippen LogP contribution in [0.15, 0.2) is 29.2 Å². The summed E-state index contributed by atoms with van der Waals surface area (Å²) in [6, 6.07) is 6.06. The maximum atomic E-state index is 12.9. The van der Waals surface area contributed by atoms with Crippen LogP contribution in [-0.2, 0) is 18.3 Å². The lowest BCUT2D eigenvalue weighted by molar-refractivity contribution is -0.131. The molecule has 2 fully saturated rings. The van der Waals surface area contributed by atoms with Gasteiger partial charge in [-0.2, -0.15) is 4.98 Å². The van der Waals surface area contributed by atoms with Gasteiger partial charge in [0.15, 0.2) is 17.1 Å². The van der Waals surface area contributed by atoms with Crippen LogP contribution in [0.3, 0.4) is 0 Å². The lowest BCUT2D eigenvalue weighted by atomic mass is 10.0. The lowest BCUT2D eigenvalue weighted by Crippen LogP contribution is -2.43. The summed E-state index contributed by atoms with van der Waals surface area (Å²) in [5, 5.41) is 3.44. The first-order chi connectivity index (χ1) is 17.1. The third-order valence-corrected chi connectivity index (χ3v) is 7.50. The van der Waals surface area contributed by atoms with Gasteiger partial charge in [-0.3, -0.25) is 13.9 Å². The normalized spacial score (nSPS) is 18.5. The van der Waals surface area contributed by atoms with Gasteiger partial charge >= 0.3 is 5.69 Å². The first-order valence-electron chi connectivity index (χ1n) is 12.4. The Hall–Kier alpha value is -3.56. The van der Waals surface area contributed by atoms with E-state index in [1.807, 2.05) is 27.7 Å². The number of carbonyl (C=O) groups excluding carboxylic acids is 1. The maximum absolute atomic E-state index is 12.9. The van der Waals surface area contributed by atoms with Gasteiger partial charge in [0.05, 0.1) is 12.6 Å². The highest BCUT2D eigenvalue weighted by Gasteiger charge is 2.26. The predicted molar refractivity (Wildman–Crippen MR) is 130 cm³/mol. The summed E-state index contributed by atoms with van der Waals surface area (Å²) >= 11 is 0. The number of hydrogen-bond acceptors (Lipinski definition) is 7. The topological polar surface area (TPSA) is 104 Å². The summed E-state index contributed by atoms with van der Waals surface area (Å²) in [5.41, 5.74) is 2.37. The molecule has 10 nitrogen and oxygen atoms in total. The van der Waals surface area contributed by atoms with E-state index in [2.05, 4.69) is 10.3 Å². The van der Waals surface area contributed by atoms with Crippen LogP contribution in [0, 0.1) is 0 Å². The van der Waals surface area contributed by atoms with Crippen molar-refractivity contribution in [3.05, 3.63) is 40.4 Å². The smallest absolute Gasteiger partial charge is 0.330 e. The fourth-order valence-corrected chi connectivity index (χ4v) is 5.49. The number of aromatic nitrogens is 4. The number of benzene rings is 1. The van der Waals surface area contributed by atoms with E-state index in [1.165, 1.54) is 0 Å². The van der Waals surface area contributed by atoms with Gasteiger partial charge in [-0.05, 0) is 43.4 Å². The lowest BCUT2D eigenvalue weighted by Gasteiger charge is -2.32. The standard InChI is InChI=1S/C25H30N6O4/c1-29-19-14-26-24(28-23(19)31(25(29)33)18-4-2-3-5-18)27-17-8-10-30(11-9-17)22(32)13-16-6-7-20-21(12-16)35-15-34-20/h6-7,12,14,17-18H,2-5,8-11,13,15H2,1H3,(H,26,27,28). The van der Waals surface area contributed by atoms with Gasteiger partial charge in [-0.25, -0.2) is 9.78 Å². The number of anilines is 1. The number of piperidine rings is 1. The van der Waals surface area contributed by atoms with Crippen LogP contribution in [0.4, 0.5) is 5.95 Å². The number of nitrogens with zero attached hydrogens (tertiary/aromatic N) is 5. The molecule has 0 radical (unpaired) electrons. The number of nitrogens with one attached hydrogen (secondary N) is 1. The number of rotatable bonds is 5. The van der Waals surface area contributed by atoms with Crippen molar-refractivity contribution < 1.29 is 14.3 Å². The Labute approximate surface area is 202 Å². The van der Waals surface area contributed by atoms with Gasteiger partial charge in [0.2, 0.25) is 18.6 Å². The summed E-state index contributed by atoms with van der Waals surface area (Å²) in [5.74, 6) is 2.08. The van der Waals surface area contributed by atoms with Gasteiger partial charge in [0.25, 0.3) is 0 Å². The Balaban J connectivity index is 1.09. The van der Waals surface area contributed by atoms with Crippen LogP contribution in [0.2, 0.25) is 0 Å². The molecule has 1 amide bonds. The van der Waals surface area contributed by atoms with Crippen LogP contribution >= 0.6 is 0 Å². The molecule has 1 aromatic carbocycles. The number of aryl methyl sites for hydroxylation is 1. The molecule has 10 heteroatoms. The molecule has 3 aliphatic rings. The molecule has 1 N–H and O–H groups in total. The Kier molecular flexibility index (Phi) is 5.58. The monoisotopic (exact) mass is 478 g/mol. The summed E-state index contributed by atoms with van der Waals surface area (Å²) in [6.07, 6.45) is 8.06. The van der Waals surface area contributed by atoms with E-state index >= 15 is 0 Å². The van der Waals surface area contributed by atoms with Crippen LogP contribution < -0.4 is 20.5 Å². The number of amides is 1. The first-order valence-corrected chi connectivity index (χ1v) is 12.4. The average Bonchev–Trinajstić information content (AvgIpc) is 3.60. The van der Waals surface area contributed by atoms with Gasteiger partial charge < -0.3 is 19.7 Å². The number of imidazole rings is 1. The van der Waals surface area contributed by atoms with E-state index in [0.29, 0.717) is 36.9 Å². The van der Waals surface area contributed by atoms with Gasteiger partial charge in [0.1, 0.15) is 5.52 Å². The van der Waals surface area contributed by atoms with Crippen LogP contribution in [0.5, 0.6) is 11.5 Å². The molecule has 4 heterocycles. The number of carbonyl (C=O) groups is 1. The van der Waals surface area contributed by atoms with Crippen molar-refractivity contribution >= 4 is 23.0 Å². The average molecular weight is 479 g/mol. The molecular weight excluding hydrogens is 448 g/mol. The Morgan fingerprint density at radius 1 is 1.11 bits per heavy atom.